The van der Waals surface area contributed by atoms with Crippen molar-refractivity contribution in [3.05, 3.63) is 161 Å². The lowest BCUT2D eigenvalue weighted by Gasteiger charge is -2.34. The van der Waals surface area contributed by atoms with E-state index in [4.69, 9.17) is 0 Å². The molecule has 43 heavy (non-hydrogen) atoms. The molecule has 8 rings (SSSR count). The third-order valence-electron chi connectivity index (χ3n) is 9.88. The maximum Gasteiger partial charge on any atom is 0.0463 e. The van der Waals surface area contributed by atoms with Crippen LogP contribution in [0, 0.1) is 11.8 Å². The van der Waals surface area contributed by atoms with Crippen LogP contribution < -0.4 is 5.32 Å². The first kappa shape index (κ1) is 26.0. The first-order valence-electron chi connectivity index (χ1n) is 15.9. The van der Waals surface area contributed by atoms with E-state index in [1.165, 1.54) is 59.1 Å². The number of allylic oxidation sites excluding steroid dienone is 9. The van der Waals surface area contributed by atoms with Gasteiger partial charge in [0.15, 0.2) is 0 Å². The van der Waals surface area contributed by atoms with Gasteiger partial charge in [-0.1, -0.05) is 115 Å². The van der Waals surface area contributed by atoms with Gasteiger partial charge in [-0.15, -0.1) is 0 Å². The van der Waals surface area contributed by atoms with E-state index in [0.717, 1.165) is 24.2 Å². The van der Waals surface area contributed by atoms with Crippen LogP contribution in [0.15, 0.2) is 133 Å². The summed E-state index contributed by atoms with van der Waals surface area (Å²) in [6.45, 7) is 0. The quantitative estimate of drug-likeness (QED) is 0.258. The molecule has 4 aromatic rings. The molecule has 4 aliphatic carbocycles. The maximum atomic E-state index is 3.66. The molecule has 0 heterocycles. The van der Waals surface area contributed by atoms with E-state index in [1.54, 1.807) is 22.3 Å². The van der Waals surface area contributed by atoms with Crippen molar-refractivity contribution in [3.8, 4) is 11.1 Å². The summed E-state index contributed by atoms with van der Waals surface area (Å²) in [7, 11) is 0. The largest absolute Gasteiger partial charge is 0.355 e. The molecule has 4 aromatic carbocycles. The van der Waals surface area contributed by atoms with Gasteiger partial charge in [0.25, 0.3) is 0 Å². The van der Waals surface area contributed by atoms with Crippen molar-refractivity contribution < 1.29 is 0 Å². The van der Waals surface area contributed by atoms with E-state index in [2.05, 4.69) is 139 Å². The van der Waals surface area contributed by atoms with E-state index in [-0.39, 0.29) is 0 Å². The summed E-state index contributed by atoms with van der Waals surface area (Å²) < 4.78 is 0. The van der Waals surface area contributed by atoms with Crippen LogP contribution in [-0.2, 0) is 12.8 Å². The number of rotatable bonds is 5. The predicted molar refractivity (Wildman–Crippen MR) is 183 cm³/mol. The van der Waals surface area contributed by atoms with Crippen molar-refractivity contribution in [2.24, 2.45) is 11.8 Å². The van der Waals surface area contributed by atoms with Gasteiger partial charge in [0.1, 0.15) is 0 Å². The third kappa shape index (κ3) is 5.04. The molecule has 1 heteroatoms. The van der Waals surface area contributed by atoms with Crippen LogP contribution in [-0.4, -0.2) is 0 Å². The Labute approximate surface area is 255 Å². The smallest absolute Gasteiger partial charge is 0.0463 e. The lowest BCUT2D eigenvalue weighted by atomic mass is 9.71. The Kier molecular flexibility index (Phi) is 6.80. The molecule has 0 saturated carbocycles. The molecule has 1 nitrogen and oxygen atoms in total. The van der Waals surface area contributed by atoms with Gasteiger partial charge in [-0.3, -0.25) is 0 Å². The number of fused-ring (bicyclic) bond motifs is 4. The number of para-hydroxylation sites is 1. The van der Waals surface area contributed by atoms with E-state index >= 15 is 0 Å². The Morgan fingerprint density at radius 3 is 2.35 bits per heavy atom. The average Bonchev–Trinajstić information content (AvgIpc) is 3.09. The lowest BCUT2D eigenvalue weighted by Crippen LogP contribution is -2.19. The molecular weight excluding hydrogens is 518 g/mol. The molecule has 0 aliphatic heterocycles. The van der Waals surface area contributed by atoms with Crippen molar-refractivity contribution in [2.45, 2.75) is 38.5 Å². The van der Waals surface area contributed by atoms with E-state index in [1.807, 2.05) is 0 Å². The number of hydrogen-bond donors (Lipinski definition) is 1. The van der Waals surface area contributed by atoms with Gasteiger partial charge in [-0.05, 0) is 119 Å². The van der Waals surface area contributed by atoms with Crippen LogP contribution in [0.2, 0.25) is 0 Å². The second-order valence-electron chi connectivity index (χ2n) is 12.4. The van der Waals surface area contributed by atoms with Crippen LogP contribution >= 0.6 is 0 Å². The fraction of sp³-hybridized carbons (Fsp3) is 0.190. The number of hydrogen-bond acceptors (Lipinski definition) is 1. The zero-order valence-electron chi connectivity index (χ0n) is 24.6. The van der Waals surface area contributed by atoms with Crippen LogP contribution in [0.5, 0.6) is 0 Å². The summed E-state index contributed by atoms with van der Waals surface area (Å²) in [5, 5.41) is 3.66. The van der Waals surface area contributed by atoms with Gasteiger partial charge in [-0.25, -0.2) is 0 Å². The Balaban J connectivity index is 0.976. The maximum absolute atomic E-state index is 3.66. The number of benzene rings is 4. The molecule has 2 atom stereocenters. The van der Waals surface area contributed by atoms with Crippen LogP contribution in [0.3, 0.4) is 0 Å². The highest BCUT2D eigenvalue weighted by Gasteiger charge is 2.29. The summed E-state index contributed by atoms with van der Waals surface area (Å²) in [5.74, 6) is 1.06. The van der Waals surface area contributed by atoms with Crippen LogP contribution in [0.1, 0.15) is 53.5 Å². The Hall–Kier alpha value is -4.62. The van der Waals surface area contributed by atoms with E-state index in [9.17, 15) is 0 Å². The second-order valence-corrected chi connectivity index (χ2v) is 12.4. The molecule has 1 N–H and O–H groups in total. The lowest BCUT2D eigenvalue weighted by molar-refractivity contribution is 0.485. The minimum Gasteiger partial charge on any atom is -0.355 e. The summed E-state index contributed by atoms with van der Waals surface area (Å²) in [6, 6.07) is 32.9. The van der Waals surface area contributed by atoms with Crippen LogP contribution in [0.4, 0.5) is 11.4 Å². The molecule has 4 aliphatic rings. The molecule has 0 amide bonds. The highest BCUT2D eigenvalue weighted by molar-refractivity contribution is 5.82. The summed E-state index contributed by atoms with van der Waals surface area (Å²) in [5.41, 5.74) is 16.8. The fourth-order valence-corrected chi connectivity index (χ4v) is 7.61. The predicted octanol–water partition coefficient (Wildman–Crippen LogP) is 11.0. The minimum absolute atomic E-state index is 0.520. The van der Waals surface area contributed by atoms with Gasteiger partial charge >= 0.3 is 0 Å². The highest BCUT2D eigenvalue weighted by atomic mass is 14.9. The first-order chi connectivity index (χ1) is 21.3. The van der Waals surface area contributed by atoms with Gasteiger partial charge in [0, 0.05) is 16.9 Å². The van der Waals surface area contributed by atoms with E-state index < -0.39 is 0 Å². The zero-order chi connectivity index (χ0) is 28.6. The SMILES string of the molecule is C1=CC(C2C=CC3=C(C2)c2ccc4c(c2CC3)CCC=C4)CC(c2ccc(Nc3ccccc3-c3ccccc3)cc2)=C1. The third-order valence-corrected chi connectivity index (χ3v) is 9.88. The summed E-state index contributed by atoms with van der Waals surface area (Å²) in [6.07, 6.45) is 23.7. The van der Waals surface area contributed by atoms with Crippen molar-refractivity contribution in [3.63, 3.8) is 0 Å². The molecule has 210 valence electrons. The van der Waals surface area contributed by atoms with Crippen molar-refractivity contribution in [1.29, 1.82) is 0 Å². The van der Waals surface area contributed by atoms with Crippen LogP contribution in [0.25, 0.3) is 28.3 Å². The monoisotopic (exact) mass is 555 g/mol. The number of anilines is 2. The Morgan fingerprint density at radius 1 is 0.605 bits per heavy atom. The first-order valence-corrected chi connectivity index (χ1v) is 15.9. The van der Waals surface area contributed by atoms with Gasteiger partial charge in [0.2, 0.25) is 0 Å². The van der Waals surface area contributed by atoms with Gasteiger partial charge in [-0.2, -0.15) is 0 Å². The van der Waals surface area contributed by atoms with Gasteiger partial charge in [0.05, 0.1) is 0 Å². The topological polar surface area (TPSA) is 12.0 Å². The molecule has 0 fully saturated rings. The standard InChI is InChI=1S/C42H37N/c1-2-9-30(10-3-1)38-15-6-7-16-42(38)43-36-23-19-29(20-24-36)33-12-8-13-34(27-33)35-18-17-32-22-25-39-37-14-5-4-11-31(37)21-26-40(39)41(32)28-35/h1-4,6-13,15-21,23-24,26,34-35,43H,5,14,22,25,27-28H2. The fourth-order valence-electron chi connectivity index (χ4n) is 7.61. The molecule has 0 bridgehead atoms. The van der Waals surface area contributed by atoms with Crippen molar-refractivity contribution in [2.75, 3.05) is 5.32 Å². The minimum atomic E-state index is 0.520. The molecule has 0 spiro atoms. The molecule has 0 saturated heterocycles. The highest BCUT2D eigenvalue weighted by Crippen LogP contribution is 2.45. The van der Waals surface area contributed by atoms with Crippen molar-refractivity contribution in [1.82, 2.24) is 0 Å². The van der Waals surface area contributed by atoms with E-state index in [0.29, 0.717) is 11.8 Å². The Morgan fingerprint density at radius 2 is 1.44 bits per heavy atom. The number of nitrogens with one attached hydrogen (secondary N) is 1. The second kappa shape index (κ2) is 11.2. The molecule has 0 radical (unpaired) electrons. The van der Waals surface area contributed by atoms with Crippen molar-refractivity contribution >= 4 is 28.6 Å². The average molecular weight is 556 g/mol. The summed E-state index contributed by atoms with van der Waals surface area (Å²) >= 11 is 0. The summed E-state index contributed by atoms with van der Waals surface area (Å²) in [4.78, 5) is 0. The molecular formula is C42H37N. The van der Waals surface area contributed by atoms with Gasteiger partial charge < -0.3 is 5.32 Å². The molecule has 0 aromatic heterocycles. The molecule has 2 unspecified atom stereocenters. The Bertz CT molecular complexity index is 1830. The zero-order valence-corrected chi connectivity index (χ0v) is 24.6. The normalized spacial score (nSPS) is 20.2.